The minimum Gasteiger partial charge on any atom is -0.465 e. The van der Waals surface area contributed by atoms with Crippen LogP contribution in [0.3, 0.4) is 0 Å². The molecule has 0 fully saturated rings. The molecule has 0 aliphatic rings. The van der Waals surface area contributed by atoms with Gasteiger partial charge in [0.25, 0.3) is 0 Å². The molecule has 0 N–H and O–H groups in total. The smallest absolute Gasteiger partial charge is 0.306 e. The lowest BCUT2D eigenvalue weighted by molar-refractivity contribution is -0.145. The zero-order valence-corrected chi connectivity index (χ0v) is 13.0. The van der Waals surface area contributed by atoms with Gasteiger partial charge >= 0.3 is 5.97 Å². The lowest BCUT2D eigenvalue weighted by Crippen LogP contribution is -2.16. The molecule has 0 spiro atoms. The van der Waals surface area contributed by atoms with Gasteiger partial charge in [-0.3, -0.25) is 4.79 Å². The highest BCUT2D eigenvalue weighted by Crippen LogP contribution is 2.15. The number of esters is 1. The summed E-state index contributed by atoms with van der Waals surface area (Å²) >= 11 is 2.31. The largest absolute Gasteiger partial charge is 0.465 e. The number of hydrogen-bond donors (Lipinski definition) is 0. The Balaban J connectivity index is 3.70. The van der Waals surface area contributed by atoms with E-state index in [4.69, 9.17) is 4.74 Å². The molecule has 0 aliphatic heterocycles. The Morgan fingerprint density at radius 3 is 2.44 bits per heavy atom. The minimum absolute atomic E-state index is 0.0313. The first kappa shape index (κ1) is 16.2. The summed E-state index contributed by atoms with van der Waals surface area (Å²) in [6.45, 7) is 7.07. The standard InChI is InChI=1S/C13H25IO2/c1-4-7-8-11(5-2)10-16-13(15)9-12(14)6-3/h11-12H,4-10H2,1-3H3. The molecule has 0 saturated heterocycles. The van der Waals surface area contributed by atoms with Crippen molar-refractivity contribution in [2.75, 3.05) is 6.61 Å². The van der Waals surface area contributed by atoms with Gasteiger partial charge in [-0.05, 0) is 18.8 Å². The van der Waals surface area contributed by atoms with E-state index in [2.05, 4.69) is 43.4 Å². The summed E-state index contributed by atoms with van der Waals surface area (Å²) in [4.78, 5) is 11.5. The van der Waals surface area contributed by atoms with Gasteiger partial charge in [0.1, 0.15) is 0 Å². The van der Waals surface area contributed by atoms with Crippen LogP contribution in [0.4, 0.5) is 0 Å². The zero-order chi connectivity index (χ0) is 12.4. The lowest BCUT2D eigenvalue weighted by atomic mass is 10.0. The average Bonchev–Trinajstić information content (AvgIpc) is 2.29. The third-order valence-corrected chi connectivity index (χ3v) is 4.18. The topological polar surface area (TPSA) is 26.3 Å². The first-order chi connectivity index (χ1) is 7.63. The van der Waals surface area contributed by atoms with Crippen LogP contribution < -0.4 is 0 Å². The Bertz CT molecular complexity index is 183. The molecule has 0 saturated carbocycles. The monoisotopic (exact) mass is 340 g/mol. The van der Waals surface area contributed by atoms with Gasteiger partial charge in [0, 0.05) is 3.92 Å². The van der Waals surface area contributed by atoms with Crippen molar-refractivity contribution >= 4 is 28.6 Å². The van der Waals surface area contributed by atoms with E-state index in [0.717, 1.165) is 12.8 Å². The SMILES string of the molecule is CCCCC(CC)COC(=O)CC(I)CC. The Hall–Kier alpha value is 0.200. The number of ether oxygens (including phenoxy) is 1. The van der Waals surface area contributed by atoms with Crippen LogP contribution in [0.25, 0.3) is 0 Å². The van der Waals surface area contributed by atoms with Gasteiger partial charge < -0.3 is 4.74 Å². The van der Waals surface area contributed by atoms with Crippen LogP contribution in [-0.2, 0) is 9.53 Å². The molecular weight excluding hydrogens is 315 g/mol. The molecule has 0 aromatic heterocycles. The number of halogens is 1. The second-order valence-corrected chi connectivity index (χ2v) is 6.07. The summed E-state index contributed by atoms with van der Waals surface area (Å²) in [5.74, 6) is 0.523. The first-order valence-corrected chi connectivity index (χ1v) is 7.68. The van der Waals surface area contributed by atoms with Gasteiger partial charge in [0.05, 0.1) is 13.0 Å². The second-order valence-electron chi connectivity index (χ2n) is 4.31. The molecule has 2 nitrogen and oxygen atoms in total. The van der Waals surface area contributed by atoms with Crippen LogP contribution in [-0.4, -0.2) is 16.5 Å². The Morgan fingerprint density at radius 2 is 1.94 bits per heavy atom. The van der Waals surface area contributed by atoms with E-state index in [-0.39, 0.29) is 5.97 Å². The summed E-state index contributed by atoms with van der Waals surface area (Å²) in [5, 5.41) is 0. The third-order valence-electron chi connectivity index (χ3n) is 2.85. The van der Waals surface area contributed by atoms with Crippen molar-refractivity contribution in [1.29, 1.82) is 0 Å². The van der Waals surface area contributed by atoms with Crippen LogP contribution in [0, 0.1) is 5.92 Å². The van der Waals surface area contributed by atoms with Crippen LogP contribution in [0.15, 0.2) is 0 Å². The van der Waals surface area contributed by atoms with Crippen molar-refractivity contribution in [3.8, 4) is 0 Å². The third kappa shape index (κ3) is 8.36. The number of hydrogen-bond acceptors (Lipinski definition) is 2. The number of unbranched alkanes of at least 4 members (excludes halogenated alkanes) is 1. The number of rotatable bonds is 9. The van der Waals surface area contributed by atoms with Crippen molar-refractivity contribution < 1.29 is 9.53 Å². The van der Waals surface area contributed by atoms with E-state index in [0.29, 0.717) is 22.9 Å². The van der Waals surface area contributed by atoms with Gasteiger partial charge in [-0.15, -0.1) is 0 Å². The lowest BCUT2D eigenvalue weighted by Gasteiger charge is -2.15. The molecule has 2 atom stereocenters. The summed E-state index contributed by atoms with van der Waals surface area (Å²) in [6.07, 6.45) is 6.33. The second kappa shape index (κ2) is 10.4. The maximum Gasteiger partial charge on any atom is 0.306 e. The molecule has 0 bridgehead atoms. The Kier molecular flexibility index (Phi) is 10.5. The highest BCUT2D eigenvalue weighted by Gasteiger charge is 2.12. The molecule has 3 heteroatoms. The summed E-state index contributed by atoms with van der Waals surface area (Å²) in [5.41, 5.74) is 0. The van der Waals surface area contributed by atoms with Crippen molar-refractivity contribution in [3.05, 3.63) is 0 Å². The van der Waals surface area contributed by atoms with Gasteiger partial charge in [-0.1, -0.05) is 62.6 Å². The molecule has 0 amide bonds. The average molecular weight is 340 g/mol. The fourth-order valence-corrected chi connectivity index (χ4v) is 1.85. The molecule has 0 heterocycles. The maximum absolute atomic E-state index is 11.5. The Morgan fingerprint density at radius 1 is 1.25 bits per heavy atom. The molecule has 0 aromatic rings. The zero-order valence-electron chi connectivity index (χ0n) is 10.8. The molecule has 0 aliphatic carbocycles. The number of alkyl halides is 1. The highest BCUT2D eigenvalue weighted by atomic mass is 127. The van der Waals surface area contributed by atoms with Crippen LogP contribution in [0.1, 0.15) is 59.3 Å². The summed E-state index contributed by atoms with van der Waals surface area (Å²) in [6, 6.07) is 0. The Labute approximate surface area is 114 Å². The van der Waals surface area contributed by atoms with E-state index in [1.165, 1.54) is 19.3 Å². The van der Waals surface area contributed by atoms with Crippen molar-refractivity contribution in [2.45, 2.75) is 63.2 Å². The van der Waals surface area contributed by atoms with Crippen molar-refractivity contribution in [3.63, 3.8) is 0 Å². The quantitative estimate of drug-likeness (QED) is 0.354. The molecule has 96 valence electrons. The molecule has 2 unspecified atom stereocenters. The first-order valence-electron chi connectivity index (χ1n) is 6.43. The van der Waals surface area contributed by atoms with E-state index >= 15 is 0 Å². The van der Waals surface area contributed by atoms with Crippen molar-refractivity contribution in [1.82, 2.24) is 0 Å². The highest BCUT2D eigenvalue weighted by molar-refractivity contribution is 14.1. The normalized spacial score (nSPS) is 14.5. The molecule has 0 radical (unpaired) electrons. The van der Waals surface area contributed by atoms with Crippen LogP contribution >= 0.6 is 22.6 Å². The maximum atomic E-state index is 11.5. The van der Waals surface area contributed by atoms with Crippen LogP contribution in [0.2, 0.25) is 0 Å². The predicted molar refractivity (Wildman–Crippen MR) is 77.0 cm³/mol. The van der Waals surface area contributed by atoms with Gasteiger partial charge in [-0.2, -0.15) is 0 Å². The molecule has 16 heavy (non-hydrogen) atoms. The minimum atomic E-state index is -0.0313. The van der Waals surface area contributed by atoms with E-state index in [9.17, 15) is 4.79 Å². The molecule has 0 rings (SSSR count). The fourth-order valence-electron chi connectivity index (χ4n) is 1.49. The number of carbonyl (C=O) groups excluding carboxylic acids is 1. The van der Waals surface area contributed by atoms with Crippen LogP contribution in [0.5, 0.6) is 0 Å². The molecular formula is C13H25IO2. The molecule has 0 aromatic carbocycles. The predicted octanol–water partition coefficient (Wildman–Crippen LogP) is 4.35. The van der Waals surface area contributed by atoms with Gasteiger partial charge in [0.2, 0.25) is 0 Å². The van der Waals surface area contributed by atoms with E-state index < -0.39 is 0 Å². The van der Waals surface area contributed by atoms with E-state index in [1.54, 1.807) is 0 Å². The van der Waals surface area contributed by atoms with E-state index in [1.807, 2.05) is 0 Å². The van der Waals surface area contributed by atoms with Gasteiger partial charge in [0.15, 0.2) is 0 Å². The fraction of sp³-hybridized carbons (Fsp3) is 0.923. The summed E-state index contributed by atoms with van der Waals surface area (Å²) < 4.78 is 5.74. The van der Waals surface area contributed by atoms with Crippen molar-refractivity contribution in [2.24, 2.45) is 5.92 Å². The van der Waals surface area contributed by atoms with Gasteiger partial charge in [-0.25, -0.2) is 0 Å². The number of carbonyl (C=O) groups is 1. The summed E-state index contributed by atoms with van der Waals surface area (Å²) in [7, 11) is 0.